The zero-order valence-corrected chi connectivity index (χ0v) is 17.3. The summed E-state index contributed by atoms with van der Waals surface area (Å²) in [5.41, 5.74) is 4.14. The summed E-state index contributed by atoms with van der Waals surface area (Å²) in [5, 5.41) is 3.39. The fourth-order valence-electron chi connectivity index (χ4n) is 3.29. The topological polar surface area (TPSA) is 26.5 Å². The van der Waals surface area contributed by atoms with Crippen LogP contribution in [0.4, 0.5) is 5.69 Å². The minimum atomic E-state index is 0.209. The van der Waals surface area contributed by atoms with Crippen molar-refractivity contribution < 1.29 is 4.74 Å². The Morgan fingerprint density at radius 3 is 2.81 bits per heavy atom. The molecule has 1 fully saturated rings. The van der Waals surface area contributed by atoms with Gasteiger partial charge in [-0.1, -0.05) is 41.4 Å². The number of ether oxygens (including phenoxy) is 1. The van der Waals surface area contributed by atoms with Crippen LogP contribution in [0.15, 0.2) is 52.8 Å². The molecule has 27 heavy (non-hydrogen) atoms. The Labute approximate surface area is 172 Å². The molecule has 0 spiro atoms. The summed E-state index contributed by atoms with van der Waals surface area (Å²) in [6, 6.07) is 13.8. The van der Waals surface area contributed by atoms with E-state index >= 15 is 0 Å². The lowest BCUT2D eigenvalue weighted by molar-refractivity contribution is 0.0968. The number of hydrogen-bond acceptors (Lipinski definition) is 3. The standard InChI is InChI=1S/C21H20Cl2N2OS/c1-14-5-2-3-7-19(14)24-21-25(12-16-6-4-10-26-16)20(13-27-21)17-9-8-15(22)11-18(17)23/h2-3,5,7-9,11,13,16H,4,6,10,12H2,1H3. The number of halogens is 2. The normalized spacial score (nSPS) is 17.6. The van der Waals surface area contributed by atoms with Crippen LogP contribution in [0.2, 0.25) is 10.0 Å². The van der Waals surface area contributed by atoms with Crippen molar-refractivity contribution in [3.05, 3.63) is 68.3 Å². The van der Waals surface area contributed by atoms with Crippen molar-refractivity contribution in [3.8, 4) is 11.3 Å². The van der Waals surface area contributed by atoms with E-state index in [4.69, 9.17) is 32.9 Å². The Bertz CT molecular complexity index is 1020. The Balaban J connectivity index is 1.84. The summed E-state index contributed by atoms with van der Waals surface area (Å²) >= 11 is 14.2. The summed E-state index contributed by atoms with van der Waals surface area (Å²) in [7, 11) is 0. The molecule has 3 aromatic rings. The highest BCUT2D eigenvalue weighted by molar-refractivity contribution is 7.07. The van der Waals surface area contributed by atoms with Crippen LogP contribution in [0.3, 0.4) is 0 Å². The molecular formula is C21H20Cl2N2OS. The summed E-state index contributed by atoms with van der Waals surface area (Å²) in [6.45, 7) is 3.67. The van der Waals surface area contributed by atoms with Gasteiger partial charge in [-0.25, -0.2) is 4.99 Å². The molecule has 1 aromatic heterocycles. The van der Waals surface area contributed by atoms with Gasteiger partial charge in [-0.15, -0.1) is 11.3 Å². The van der Waals surface area contributed by atoms with Gasteiger partial charge < -0.3 is 9.30 Å². The van der Waals surface area contributed by atoms with Crippen molar-refractivity contribution in [2.24, 2.45) is 4.99 Å². The maximum Gasteiger partial charge on any atom is 0.190 e. The first kappa shape index (κ1) is 18.8. The van der Waals surface area contributed by atoms with Crippen LogP contribution in [0.25, 0.3) is 11.3 Å². The van der Waals surface area contributed by atoms with Crippen molar-refractivity contribution in [1.82, 2.24) is 4.57 Å². The number of aromatic nitrogens is 1. The maximum atomic E-state index is 6.49. The Kier molecular flexibility index (Phi) is 5.69. The average Bonchev–Trinajstić information content (AvgIpc) is 3.29. The zero-order chi connectivity index (χ0) is 18.8. The lowest BCUT2D eigenvalue weighted by Crippen LogP contribution is -2.24. The van der Waals surface area contributed by atoms with Gasteiger partial charge in [0, 0.05) is 22.6 Å². The third-order valence-electron chi connectivity index (χ3n) is 4.75. The second-order valence-corrected chi connectivity index (χ2v) is 8.35. The van der Waals surface area contributed by atoms with Crippen molar-refractivity contribution in [3.63, 3.8) is 0 Å². The Morgan fingerprint density at radius 1 is 1.22 bits per heavy atom. The first-order valence-corrected chi connectivity index (χ1v) is 10.6. The van der Waals surface area contributed by atoms with Crippen LogP contribution in [0.1, 0.15) is 18.4 Å². The third kappa shape index (κ3) is 4.14. The van der Waals surface area contributed by atoms with E-state index in [-0.39, 0.29) is 6.10 Å². The van der Waals surface area contributed by atoms with Gasteiger partial charge in [0.25, 0.3) is 0 Å². The minimum Gasteiger partial charge on any atom is -0.376 e. The fraction of sp³-hybridized carbons (Fsp3) is 0.286. The molecule has 6 heteroatoms. The maximum absolute atomic E-state index is 6.49. The van der Waals surface area contributed by atoms with E-state index in [9.17, 15) is 0 Å². The highest BCUT2D eigenvalue weighted by Crippen LogP contribution is 2.31. The molecule has 0 amide bonds. The van der Waals surface area contributed by atoms with Crippen LogP contribution in [0.5, 0.6) is 0 Å². The monoisotopic (exact) mass is 418 g/mol. The molecule has 1 atom stereocenters. The molecule has 0 N–H and O–H groups in total. The van der Waals surface area contributed by atoms with Crippen molar-refractivity contribution in [1.29, 1.82) is 0 Å². The molecule has 0 aliphatic carbocycles. The number of para-hydroxylation sites is 1. The van der Waals surface area contributed by atoms with Gasteiger partial charge in [0.15, 0.2) is 4.80 Å². The van der Waals surface area contributed by atoms with E-state index in [1.807, 2.05) is 30.3 Å². The third-order valence-corrected chi connectivity index (χ3v) is 6.16. The Hall–Kier alpha value is -1.59. The van der Waals surface area contributed by atoms with E-state index in [1.54, 1.807) is 17.4 Å². The van der Waals surface area contributed by atoms with E-state index < -0.39 is 0 Å². The molecule has 3 nitrogen and oxygen atoms in total. The molecule has 1 unspecified atom stereocenters. The molecule has 1 saturated heterocycles. The lowest BCUT2D eigenvalue weighted by Gasteiger charge is -2.15. The lowest BCUT2D eigenvalue weighted by atomic mass is 10.1. The van der Waals surface area contributed by atoms with Gasteiger partial charge in [0.1, 0.15) is 0 Å². The highest BCUT2D eigenvalue weighted by atomic mass is 35.5. The van der Waals surface area contributed by atoms with Gasteiger partial charge in [-0.2, -0.15) is 0 Å². The van der Waals surface area contributed by atoms with E-state index in [0.29, 0.717) is 10.0 Å². The number of rotatable bonds is 4. The minimum absolute atomic E-state index is 0.209. The van der Waals surface area contributed by atoms with Crippen LogP contribution >= 0.6 is 34.5 Å². The van der Waals surface area contributed by atoms with Gasteiger partial charge in [0.05, 0.1) is 29.1 Å². The van der Waals surface area contributed by atoms with E-state index in [2.05, 4.69) is 22.9 Å². The van der Waals surface area contributed by atoms with Gasteiger partial charge >= 0.3 is 0 Å². The summed E-state index contributed by atoms with van der Waals surface area (Å²) in [5.74, 6) is 0. The second-order valence-electron chi connectivity index (χ2n) is 6.67. The Morgan fingerprint density at radius 2 is 2.07 bits per heavy atom. The number of thiazole rings is 1. The molecule has 4 rings (SSSR count). The van der Waals surface area contributed by atoms with E-state index in [0.717, 1.165) is 53.3 Å². The SMILES string of the molecule is Cc1ccccc1N=c1scc(-c2ccc(Cl)cc2Cl)n1CC1CCCO1. The van der Waals surface area contributed by atoms with Crippen LogP contribution in [-0.4, -0.2) is 17.3 Å². The van der Waals surface area contributed by atoms with Gasteiger partial charge in [0.2, 0.25) is 0 Å². The molecule has 0 radical (unpaired) electrons. The molecule has 2 heterocycles. The predicted octanol–water partition coefficient (Wildman–Crippen LogP) is 6.24. The molecular weight excluding hydrogens is 399 g/mol. The first-order valence-electron chi connectivity index (χ1n) is 8.97. The second kappa shape index (κ2) is 8.19. The van der Waals surface area contributed by atoms with Crippen molar-refractivity contribution in [2.45, 2.75) is 32.4 Å². The predicted molar refractivity (Wildman–Crippen MR) is 113 cm³/mol. The molecule has 0 saturated carbocycles. The molecule has 1 aliphatic heterocycles. The first-order chi connectivity index (χ1) is 13.1. The zero-order valence-electron chi connectivity index (χ0n) is 15.0. The van der Waals surface area contributed by atoms with E-state index in [1.165, 1.54) is 0 Å². The largest absolute Gasteiger partial charge is 0.376 e. The summed E-state index contributed by atoms with van der Waals surface area (Å²) in [6.07, 6.45) is 2.39. The number of hydrogen-bond donors (Lipinski definition) is 0. The smallest absolute Gasteiger partial charge is 0.190 e. The number of benzene rings is 2. The quantitative estimate of drug-likeness (QED) is 0.492. The van der Waals surface area contributed by atoms with Crippen LogP contribution < -0.4 is 4.80 Å². The molecule has 0 bridgehead atoms. The van der Waals surface area contributed by atoms with Crippen LogP contribution in [0, 0.1) is 6.92 Å². The molecule has 2 aromatic carbocycles. The molecule has 1 aliphatic rings. The highest BCUT2D eigenvalue weighted by Gasteiger charge is 2.20. The van der Waals surface area contributed by atoms with Crippen LogP contribution in [-0.2, 0) is 11.3 Å². The van der Waals surface area contributed by atoms with Gasteiger partial charge in [-0.05, 0) is 49.6 Å². The van der Waals surface area contributed by atoms with Crippen molar-refractivity contribution >= 4 is 40.2 Å². The van der Waals surface area contributed by atoms with Gasteiger partial charge in [-0.3, -0.25) is 0 Å². The van der Waals surface area contributed by atoms with Crippen molar-refractivity contribution in [2.75, 3.05) is 6.61 Å². The summed E-state index contributed by atoms with van der Waals surface area (Å²) in [4.78, 5) is 5.88. The fourth-order valence-corrected chi connectivity index (χ4v) is 4.72. The number of nitrogens with zero attached hydrogens (tertiary/aromatic N) is 2. The number of aryl methyl sites for hydroxylation is 1. The molecule has 140 valence electrons. The average molecular weight is 419 g/mol. The summed E-state index contributed by atoms with van der Waals surface area (Å²) < 4.78 is 8.11.